The van der Waals surface area contributed by atoms with Gasteiger partial charge >= 0.3 is 7.12 Å². The molecule has 0 amide bonds. The summed E-state index contributed by atoms with van der Waals surface area (Å²) in [7, 11) is -0.421. The van der Waals surface area contributed by atoms with Gasteiger partial charge in [0.2, 0.25) is 0 Å². The molecule has 3 rings (SSSR count). The molecule has 1 aromatic carbocycles. The quantitative estimate of drug-likeness (QED) is 0.862. The van der Waals surface area contributed by atoms with Crippen molar-refractivity contribution < 1.29 is 14.4 Å². The molecule has 1 aliphatic rings. The molecule has 1 aromatic heterocycles. The van der Waals surface area contributed by atoms with Crippen molar-refractivity contribution in [2.45, 2.75) is 65.3 Å². The number of fused-ring (bicyclic) bond motifs is 1. The van der Waals surface area contributed by atoms with Gasteiger partial charge in [-0.25, -0.2) is 0 Å². The van der Waals surface area contributed by atoms with Gasteiger partial charge in [-0.2, -0.15) is 0 Å². The standard InChI is InChI=1S/C19H26BNO3/c1-12-10-15(17(2,3)22)14-11-13(8-9-16(14)21-12)20-23-18(4,5)19(6,7)24-20/h8-11,22H,1-7H3. The van der Waals surface area contributed by atoms with Crippen LogP contribution >= 0.6 is 0 Å². The van der Waals surface area contributed by atoms with Crippen LogP contribution in [0.25, 0.3) is 10.9 Å². The second-order valence-corrected chi connectivity index (χ2v) is 8.24. The highest BCUT2D eigenvalue weighted by atomic mass is 16.7. The minimum Gasteiger partial charge on any atom is -0.399 e. The monoisotopic (exact) mass is 327 g/mol. The number of hydrogen-bond acceptors (Lipinski definition) is 4. The lowest BCUT2D eigenvalue weighted by atomic mass is 9.77. The smallest absolute Gasteiger partial charge is 0.399 e. The molecule has 0 spiro atoms. The van der Waals surface area contributed by atoms with E-state index in [0.717, 1.165) is 27.6 Å². The van der Waals surface area contributed by atoms with Crippen molar-refractivity contribution in [3.05, 3.63) is 35.5 Å². The van der Waals surface area contributed by atoms with Crippen molar-refractivity contribution in [3.63, 3.8) is 0 Å². The normalized spacial score (nSPS) is 19.9. The minimum atomic E-state index is -0.944. The van der Waals surface area contributed by atoms with Crippen LogP contribution in [0.5, 0.6) is 0 Å². The lowest BCUT2D eigenvalue weighted by molar-refractivity contribution is 0.00578. The Bertz CT molecular complexity index is 777. The van der Waals surface area contributed by atoms with Crippen molar-refractivity contribution in [1.82, 2.24) is 4.98 Å². The highest BCUT2D eigenvalue weighted by molar-refractivity contribution is 6.62. The molecule has 0 saturated carbocycles. The number of hydrogen-bond donors (Lipinski definition) is 1. The molecule has 24 heavy (non-hydrogen) atoms. The van der Waals surface area contributed by atoms with Crippen molar-refractivity contribution in [1.29, 1.82) is 0 Å². The Morgan fingerprint density at radius 2 is 1.62 bits per heavy atom. The zero-order valence-electron chi connectivity index (χ0n) is 15.6. The number of aromatic nitrogens is 1. The van der Waals surface area contributed by atoms with Crippen LogP contribution in [0.15, 0.2) is 24.3 Å². The van der Waals surface area contributed by atoms with Gasteiger partial charge in [-0.3, -0.25) is 4.98 Å². The van der Waals surface area contributed by atoms with E-state index in [9.17, 15) is 5.11 Å². The Hall–Kier alpha value is -1.43. The predicted molar refractivity (Wildman–Crippen MR) is 97.4 cm³/mol. The molecule has 128 valence electrons. The van der Waals surface area contributed by atoms with E-state index in [4.69, 9.17) is 9.31 Å². The lowest BCUT2D eigenvalue weighted by Gasteiger charge is -2.32. The molecule has 1 saturated heterocycles. The summed E-state index contributed by atoms with van der Waals surface area (Å²) in [5.41, 5.74) is 1.87. The molecule has 5 heteroatoms. The molecular formula is C19H26BNO3. The largest absolute Gasteiger partial charge is 0.494 e. The van der Waals surface area contributed by atoms with Crippen molar-refractivity contribution in [3.8, 4) is 0 Å². The van der Waals surface area contributed by atoms with E-state index in [1.54, 1.807) is 13.8 Å². The minimum absolute atomic E-state index is 0.378. The van der Waals surface area contributed by atoms with Gasteiger partial charge in [-0.05, 0) is 71.6 Å². The molecule has 0 bridgehead atoms. The number of aryl methyl sites for hydroxylation is 1. The Morgan fingerprint density at radius 1 is 1.04 bits per heavy atom. The van der Waals surface area contributed by atoms with Gasteiger partial charge in [0, 0.05) is 11.1 Å². The summed E-state index contributed by atoms with van der Waals surface area (Å²) in [6.45, 7) is 13.7. The Labute approximate surface area is 144 Å². The zero-order valence-corrected chi connectivity index (χ0v) is 15.6. The van der Waals surface area contributed by atoms with Crippen LogP contribution in [0, 0.1) is 6.92 Å². The van der Waals surface area contributed by atoms with E-state index >= 15 is 0 Å². The van der Waals surface area contributed by atoms with E-state index in [1.807, 2.05) is 58.9 Å². The third-order valence-corrected chi connectivity index (χ3v) is 5.15. The fourth-order valence-electron chi connectivity index (χ4n) is 3.01. The zero-order chi connectivity index (χ0) is 17.9. The molecule has 0 radical (unpaired) electrons. The highest BCUT2D eigenvalue weighted by Gasteiger charge is 2.51. The highest BCUT2D eigenvalue weighted by Crippen LogP contribution is 2.37. The first-order valence-electron chi connectivity index (χ1n) is 8.40. The van der Waals surface area contributed by atoms with Gasteiger partial charge in [0.05, 0.1) is 22.3 Å². The van der Waals surface area contributed by atoms with Gasteiger partial charge in [0.25, 0.3) is 0 Å². The summed E-state index contributed by atoms with van der Waals surface area (Å²) in [5.74, 6) is 0. The summed E-state index contributed by atoms with van der Waals surface area (Å²) in [6, 6.07) is 7.93. The first-order chi connectivity index (χ1) is 10.9. The fraction of sp³-hybridized carbons (Fsp3) is 0.526. The summed E-state index contributed by atoms with van der Waals surface area (Å²) in [5, 5.41) is 11.5. The van der Waals surface area contributed by atoms with Crippen molar-refractivity contribution in [2.75, 3.05) is 0 Å². The molecule has 1 aliphatic heterocycles. The molecule has 0 aliphatic carbocycles. The fourth-order valence-corrected chi connectivity index (χ4v) is 3.01. The third-order valence-electron chi connectivity index (χ3n) is 5.15. The second kappa shape index (κ2) is 5.28. The summed E-state index contributed by atoms with van der Waals surface area (Å²) in [4.78, 5) is 4.58. The second-order valence-electron chi connectivity index (χ2n) is 8.24. The van der Waals surface area contributed by atoms with Gasteiger partial charge in [0.1, 0.15) is 0 Å². The summed E-state index contributed by atoms with van der Waals surface area (Å²) >= 11 is 0. The summed E-state index contributed by atoms with van der Waals surface area (Å²) in [6.07, 6.45) is 0. The topological polar surface area (TPSA) is 51.6 Å². The Balaban J connectivity index is 2.11. The lowest BCUT2D eigenvalue weighted by Crippen LogP contribution is -2.41. The molecule has 1 fully saturated rings. The molecule has 2 heterocycles. The first-order valence-corrected chi connectivity index (χ1v) is 8.40. The summed E-state index contributed by atoms with van der Waals surface area (Å²) < 4.78 is 12.3. The van der Waals surface area contributed by atoms with Crippen LogP contribution < -0.4 is 5.46 Å². The van der Waals surface area contributed by atoms with Gasteiger partial charge < -0.3 is 14.4 Å². The maximum Gasteiger partial charge on any atom is 0.494 e. The van der Waals surface area contributed by atoms with Crippen LogP contribution in [-0.2, 0) is 14.9 Å². The van der Waals surface area contributed by atoms with E-state index in [-0.39, 0.29) is 11.2 Å². The maximum atomic E-state index is 10.5. The third kappa shape index (κ3) is 2.85. The van der Waals surface area contributed by atoms with Crippen LogP contribution in [0.1, 0.15) is 52.8 Å². The molecule has 0 unspecified atom stereocenters. The predicted octanol–water partition coefficient (Wildman–Crippen LogP) is 3.07. The molecule has 0 atom stereocenters. The average Bonchev–Trinajstić information content (AvgIpc) is 2.65. The number of nitrogens with zero attached hydrogens (tertiary/aromatic N) is 1. The van der Waals surface area contributed by atoms with Crippen molar-refractivity contribution >= 4 is 23.5 Å². The van der Waals surface area contributed by atoms with Crippen LogP contribution in [0.4, 0.5) is 0 Å². The Kier molecular flexibility index (Phi) is 3.83. The van der Waals surface area contributed by atoms with E-state index in [0.29, 0.717) is 0 Å². The SMILES string of the molecule is Cc1cc(C(C)(C)O)c2cc(B3OC(C)(C)C(C)(C)O3)ccc2n1. The van der Waals surface area contributed by atoms with Crippen LogP contribution in [0.3, 0.4) is 0 Å². The number of benzene rings is 1. The molecule has 1 N–H and O–H groups in total. The molecule has 4 nitrogen and oxygen atoms in total. The number of rotatable bonds is 2. The van der Waals surface area contributed by atoms with Crippen LogP contribution in [0.2, 0.25) is 0 Å². The van der Waals surface area contributed by atoms with E-state index in [2.05, 4.69) is 4.98 Å². The van der Waals surface area contributed by atoms with Gasteiger partial charge in [-0.15, -0.1) is 0 Å². The molecule has 2 aromatic rings. The van der Waals surface area contributed by atoms with Gasteiger partial charge in [-0.1, -0.05) is 12.1 Å². The molecular weight excluding hydrogens is 301 g/mol. The van der Waals surface area contributed by atoms with E-state index < -0.39 is 12.7 Å². The van der Waals surface area contributed by atoms with Gasteiger partial charge in [0.15, 0.2) is 0 Å². The van der Waals surface area contributed by atoms with E-state index in [1.165, 1.54) is 0 Å². The van der Waals surface area contributed by atoms with Crippen molar-refractivity contribution in [2.24, 2.45) is 0 Å². The van der Waals surface area contributed by atoms with Crippen LogP contribution in [-0.4, -0.2) is 28.4 Å². The number of pyridine rings is 1. The Morgan fingerprint density at radius 3 is 2.17 bits per heavy atom. The first kappa shape index (κ1) is 17.4. The number of aliphatic hydroxyl groups is 1. The average molecular weight is 327 g/mol. The maximum absolute atomic E-state index is 10.5.